The van der Waals surface area contributed by atoms with Gasteiger partial charge >= 0.3 is 0 Å². The number of carbonyl (C=O) groups is 2. The number of aryl methyl sites for hydroxylation is 1. The fourth-order valence-corrected chi connectivity index (χ4v) is 6.45. The third-order valence-corrected chi connectivity index (χ3v) is 8.70. The van der Waals surface area contributed by atoms with E-state index in [2.05, 4.69) is 15.4 Å². The van der Waals surface area contributed by atoms with Crippen LogP contribution in [0, 0.1) is 6.92 Å². The smallest absolute Gasteiger partial charge is 0.280 e. The van der Waals surface area contributed by atoms with Gasteiger partial charge in [0.15, 0.2) is 12.4 Å². The fraction of sp³-hybridized carbons (Fsp3) is 0.0968. The molecule has 4 heterocycles. The number of amides is 2. The molecule has 2 amide bonds. The summed E-state index contributed by atoms with van der Waals surface area (Å²) in [7, 11) is 0. The molecule has 0 saturated carbocycles. The number of alkyl halides is 2. The van der Waals surface area contributed by atoms with Crippen molar-refractivity contribution >= 4 is 50.4 Å². The lowest BCUT2D eigenvalue weighted by Gasteiger charge is -2.09. The van der Waals surface area contributed by atoms with Crippen molar-refractivity contribution in [2.75, 3.05) is 5.32 Å². The van der Waals surface area contributed by atoms with E-state index in [-0.39, 0.29) is 27.8 Å². The van der Waals surface area contributed by atoms with Gasteiger partial charge in [-0.25, -0.2) is 18.4 Å². The van der Waals surface area contributed by atoms with E-state index >= 15 is 0 Å². The van der Waals surface area contributed by atoms with Gasteiger partial charge in [0.05, 0.1) is 5.69 Å². The summed E-state index contributed by atoms with van der Waals surface area (Å²) in [5.74, 6) is -0.800. The number of hydrogen-bond acceptors (Lipinski definition) is 7. The van der Waals surface area contributed by atoms with Gasteiger partial charge in [0.25, 0.3) is 18.2 Å². The number of rotatable bonds is 9. The highest BCUT2D eigenvalue weighted by Gasteiger charge is 2.26. The molecule has 0 unspecified atom stereocenters. The molecule has 6 aromatic rings. The van der Waals surface area contributed by atoms with E-state index in [0.717, 1.165) is 27.3 Å². The van der Waals surface area contributed by atoms with E-state index < -0.39 is 23.9 Å². The lowest BCUT2D eigenvalue weighted by atomic mass is 10.1. The summed E-state index contributed by atoms with van der Waals surface area (Å²) in [5, 5.41) is 7.40. The van der Waals surface area contributed by atoms with Gasteiger partial charge in [0.2, 0.25) is 0 Å². The first kappa shape index (κ1) is 28.2. The van der Waals surface area contributed by atoms with Crippen molar-refractivity contribution in [3.05, 3.63) is 106 Å². The lowest BCUT2D eigenvalue weighted by molar-refractivity contribution is 0.100. The monoisotopic (exact) mass is 615 g/mol. The Kier molecular flexibility index (Phi) is 7.70. The second-order valence-corrected chi connectivity index (χ2v) is 11.8. The van der Waals surface area contributed by atoms with Gasteiger partial charge in [-0.2, -0.15) is 5.10 Å². The predicted molar refractivity (Wildman–Crippen MR) is 164 cm³/mol. The Morgan fingerprint density at radius 3 is 2.42 bits per heavy atom. The number of nitrogens with one attached hydrogen (secondary N) is 1. The Hall–Kier alpha value is -4.94. The van der Waals surface area contributed by atoms with Crippen LogP contribution in [0.5, 0.6) is 5.75 Å². The summed E-state index contributed by atoms with van der Waals surface area (Å²) in [6.45, 7) is 1.94. The Morgan fingerprint density at radius 2 is 1.74 bits per heavy atom. The molecule has 3 N–H and O–H groups in total. The van der Waals surface area contributed by atoms with Crippen LogP contribution in [0.15, 0.2) is 85.1 Å². The van der Waals surface area contributed by atoms with Crippen LogP contribution >= 0.6 is 22.7 Å². The van der Waals surface area contributed by atoms with Gasteiger partial charge in [0, 0.05) is 26.9 Å². The maximum Gasteiger partial charge on any atom is 0.280 e. The van der Waals surface area contributed by atoms with E-state index in [1.807, 2.05) is 67.6 Å². The van der Waals surface area contributed by atoms with Crippen LogP contribution < -0.4 is 15.8 Å². The van der Waals surface area contributed by atoms with Crippen LogP contribution in [0.25, 0.3) is 31.8 Å². The first-order valence-corrected chi connectivity index (χ1v) is 14.7. The molecule has 0 atom stereocenters. The van der Waals surface area contributed by atoms with Crippen molar-refractivity contribution < 1.29 is 23.1 Å². The number of nitrogens with zero attached hydrogens (tertiary/aromatic N) is 3. The molecule has 0 bridgehead atoms. The van der Waals surface area contributed by atoms with E-state index in [1.165, 1.54) is 28.2 Å². The molecule has 8 nitrogen and oxygen atoms in total. The topological polar surface area (TPSA) is 112 Å². The molecule has 0 saturated heterocycles. The van der Waals surface area contributed by atoms with Gasteiger partial charge < -0.3 is 15.8 Å². The normalized spacial score (nSPS) is 11.3. The Labute approximate surface area is 252 Å². The van der Waals surface area contributed by atoms with E-state index in [1.54, 1.807) is 12.3 Å². The first-order chi connectivity index (χ1) is 20.8. The van der Waals surface area contributed by atoms with Gasteiger partial charge in [-0.15, -0.1) is 22.7 Å². The zero-order valence-corrected chi connectivity index (χ0v) is 24.2. The fourth-order valence-electron chi connectivity index (χ4n) is 4.54. The highest BCUT2D eigenvalue weighted by Crippen LogP contribution is 2.44. The number of thiophene rings is 2. The molecule has 6 rings (SSSR count). The number of pyridine rings is 1. The zero-order valence-electron chi connectivity index (χ0n) is 22.6. The molecular formula is C31H23F2N5O3S2. The van der Waals surface area contributed by atoms with Crippen LogP contribution in [0.4, 0.5) is 14.5 Å². The molecule has 0 aliphatic heterocycles. The van der Waals surface area contributed by atoms with Crippen molar-refractivity contribution in [2.24, 2.45) is 5.73 Å². The summed E-state index contributed by atoms with van der Waals surface area (Å²) in [6, 6.07) is 24.0. The minimum Gasteiger partial charge on any atom is -0.471 e. The molecule has 216 valence electrons. The molecule has 0 fully saturated rings. The molecule has 43 heavy (non-hydrogen) atoms. The number of hydrogen-bond donors (Lipinski definition) is 2. The summed E-state index contributed by atoms with van der Waals surface area (Å²) >= 11 is 2.25. The third kappa shape index (κ3) is 5.87. The SMILES string of the molecule is Cc1ccc(-c2cc(C(F)F)nc3sc(C(N)=O)c(NC(=O)c4ccn(COc5ccc(-c6ccccc6)cc5)n4)c23)s1. The van der Waals surface area contributed by atoms with Crippen molar-refractivity contribution in [3.63, 3.8) is 0 Å². The highest BCUT2D eigenvalue weighted by molar-refractivity contribution is 7.21. The number of fused-ring (bicyclic) bond motifs is 1. The highest BCUT2D eigenvalue weighted by atomic mass is 32.1. The first-order valence-electron chi connectivity index (χ1n) is 13.0. The number of anilines is 1. The molecule has 4 aromatic heterocycles. The lowest BCUT2D eigenvalue weighted by Crippen LogP contribution is -2.17. The number of primary amides is 1. The minimum absolute atomic E-state index is 0.00138. The minimum atomic E-state index is -2.82. The van der Waals surface area contributed by atoms with Crippen LogP contribution in [0.1, 0.15) is 37.2 Å². The standard InChI is InChI=1S/C31H23F2N5O3S2/c1-17-7-12-24(42-17)21-15-23(28(32)33)35-31-25(21)26(27(43-31)29(34)39)36-30(40)22-13-14-38(37-22)16-41-20-10-8-19(9-11-20)18-5-3-2-4-6-18/h2-15,28H,16H2,1H3,(H2,34,39)(H,36,40). The van der Waals surface area contributed by atoms with Gasteiger partial charge in [0.1, 0.15) is 21.2 Å². The van der Waals surface area contributed by atoms with Crippen molar-refractivity contribution in [3.8, 4) is 27.3 Å². The molecular weight excluding hydrogens is 593 g/mol. The van der Waals surface area contributed by atoms with Crippen LogP contribution in [0.3, 0.4) is 0 Å². The van der Waals surface area contributed by atoms with E-state index in [4.69, 9.17) is 10.5 Å². The number of ether oxygens (including phenoxy) is 1. The molecule has 0 spiro atoms. The van der Waals surface area contributed by atoms with E-state index in [9.17, 15) is 18.4 Å². The molecule has 0 aliphatic carbocycles. The van der Waals surface area contributed by atoms with E-state index in [0.29, 0.717) is 21.6 Å². The summed E-state index contributed by atoms with van der Waals surface area (Å²) in [6.07, 6.45) is -1.24. The summed E-state index contributed by atoms with van der Waals surface area (Å²) in [4.78, 5) is 31.6. The van der Waals surface area contributed by atoms with Crippen molar-refractivity contribution in [2.45, 2.75) is 20.1 Å². The number of benzene rings is 2. The van der Waals surface area contributed by atoms with Gasteiger partial charge in [-0.1, -0.05) is 42.5 Å². The average Bonchev–Trinajstić information content (AvgIpc) is 3.75. The Balaban J connectivity index is 1.24. The molecule has 0 aliphatic rings. The number of nitrogens with two attached hydrogens (primary N) is 1. The van der Waals surface area contributed by atoms with Crippen LogP contribution in [-0.2, 0) is 6.73 Å². The quantitative estimate of drug-likeness (QED) is 0.175. The second-order valence-electron chi connectivity index (χ2n) is 9.51. The number of halogens is 2. The second kappa shape index (κ2) is 11.7. The maximum atomic E-state index is 13.7. The average molecular weight is 616 g/mol. The zero-order chi connectivity index (χ0) is 30.1. The van der Waals surface area contributed by atoms with Crippen molar-refractivity contribution in [1.29, 1.82) is 0 Å². The van der Waals surface area contributed by atoms with Crippen LogP contribution in [-0.4, -0.2) is 26.6 Å². The third-order valence-electron chi connectivity index (χ3n) is 6.57. The summed E-state index contributed by atoms with van der Waals surface area (Å²) < 4.78 is 34.7. The number of carbonyl (C=O) groups excluding carboxylic acids is 2. The van der Waals surface area contributed by atoms with Crippen LogP contribution in [0.2, 0.25) is 0 Å². The van der Waals surface area contributed by atoms with Crippen molar-refractivity contribution in [1.82, 2.24) is 14.8 Å². The van der Waals surface area contributed by atoms with Gasteiger partial charge in [-0.05, 0) is 54.4 Å². The molecule has 2 aromatic carbocycles. The Bertz CT molecular complexity index is 1950. The summed E-state index contributed by atoms with van der Waals surface area (Å²) in [5.41, 5.74) is 7.94. The number of aromatic nitrogens is 3. The molecule has 12 heteroatoms. The maximum absolute atomic E-state index is 13.7. The predicted octanol–water partition coefficient (Wildman–Crippen LogP) is 7.52. The van der Waals surface area contributed by atoms with Gasteiger partial charge in [-0.3, -0.25) is 9.59 Å². The Morgan fingerprint density at radius 1 is 1.00 bits per heavy atom. The molecule has 0 radical (unpaired) electrons. The largest absolute Gasteiger partial charge is 0.471 e.